The van der Waals surface area contributed by atoms with E-state index in [0.29, 0.717) is 22.3 Å². The lowest BCUT2D eigenvalue weighted by atomic mass is 10.0. The molecule has 1 aliphatic heterocycles. The monoisotopic (exact) mass is 492 g/mol. The van der Waals surface area contributed by atoms with Gasteiger partial charge in [0.2, 0.25) is 0 Å². The molecule has 5 nitrogen and oxygen atoms in total. The van der Waals surface area contributed by atoms with Gasteiger partial charge in [0.05, 0.1) is 12.6 Å². The Kier molecular flexibility index (Phi) is 6.78. The Hall–Kier alpha value is -3.65. The predicted octanol–water partition coefficient (Wildman–Crippen LogP) is 6.04. The number of rotatable bonds is 5. The third-order valence-corrected chi connectivity index (χ3v) is 6.51. The average Bonchev–Trinajstić information content (AvgIpc) is 3.13. The Balaban J connectivity index is 1.45. The molecule has 0 aliphatic carbocycles. The van der Waals surface area contributed by atoms with Gasteiger partial charge in [-0.2, -0.15) is 13.2 Å². The highest BCUT2D eigenvalue weighted by Crippen LogP contribution is 2.36. The third kappa shape index (κ3) is 5.14. The minimum Gasteiger partial charge on any atom is -0.497 e. The van der Waals surface area contributed by atoms with E-state index in [2.05, 4.69) is 20.9 Å². The van der Waals surface area contributed by atoms with E-state index in [1.165, 1.54) is 11.6 Å². The van der Waals surface area contributed by atoms with E-state index in [1.54, 1.807) is 13.3 Å². The number of pyridine rings is 2. The predicted molar refractivity (Wildman–Crippen MR) is 135 cm³/mol. The lowest BCUT2D eigenvalue weighted by Gasteiger charge is -2.24. The van der Waals surface area contributed by atoms with Gasteiger partial charge in [-0.1, -0.05) is 42.5 Å². The zero-order valence-corrected chi connectivity index (χ0v) is 20.0. The topological polar surface area (TPSA) is 41.5 Å². The van der Waals surface area contributed by atoms with Crippen LogP contribution in [0.2, 0.25) is 0 Å². The van der Waals surface area contributed by atoms with Crippen molar-refractivity contribution >= 4 is 16.7 Å². The van der Waals surface area contributed by atoms with Crippen LogP contribution in [0.3, 0.4) is 0 Å². The first-order valence-corrected chi connectivity index (χ1v) is 11.9. The van der Waals surface area contributed by atoms with Crippen molar-refractivity contribution in [1.29, 1.82) is 0 Å². The van der Waals surface area contributed by atoms with Gasteiger partial charge in [0.1, 0.15) is 17.3 Å². The second kappa shape index (κ2) is 10.1. The molecule has 5 rings (SSSR count). The van der Waals surface area contributed by atoms with E-state index >= 15 is 0 Å². The van der Waals surface area contributed by atoms with Crippen molar-refractivity contribution in [2.75, 3.05) is 38.2 Å². The Labute approximate surface area is 208 Å². The maximum absolute atomic E-state index is 13.5. The summed E-state index contributed by atoms with van der Waals surface area (Å²) in [5, 5.41) is 0.630. The first kappa shape index (κ1) is 24.1. The van der Waals surface area contributed by atoms with Crippen LogP contribution in [0.5, 0.6) is 5.75 Å². The van der Waals surface area contributed by atoms with Gasteiger partial charge in [-0.25, -0.2) is 9.97 Å². The minimum absolute atomic E-state index is 0.318. The number of benzene rings is 2. The van der Waals surface area contributed by atoms with Gasteiger partial charge in [-0.05, 0) is 41.8 Å². The number of fused-ring (bicyclic) bond motifs is 1. The Morgan fingerprint density at radius 2 is 1.75 bits per heavy atom. The van der Waals surface area contributed by atoms with Crippen LogP contribution in [-0.2, 0) is 12.7 Å². The van der Waals surface area contributed by atoms with Crippen molar-refractivity contribution in [3.8, 4) is 16.9 Å². The number of aromatic nitrogens is 2. The van der Waals surface area contributed by atoms with Crippen LogP contribution in [0.15, 0.2) is 72.9 Å². The first-order chi connectivity index (χ1) is 17.4. The number of hydrogen-bond donors (Lipinski definition) is 0. The molecule has 0 spiro atoms. The van der Waals surface area contributed by atoms with Crippen LogP contribution in [0.4, 0.5) is 19.0 Å². The van der Waals surface area contributed by atoms with E-state index in [4.69, 9.17) is 9.72 Å². The molecule has 0 atom stereocenters. The number of nitrogens with zero attached hydrogens (tertiary/aromatic N) is 4. The van der Waals surface area contributed by atoms with Crippen molar-refractivity contribution in [3.63, 3.8) is 0 Å². The highest BCUT2D eigenvalue weighted by molar-refractivity contribution is 5.99. The largest absolute Gasteiger partial charge is 0.497 e. The maximum atomic E-state index is 13.5. The molecule has 36 heavy (non-hydrogen) atoms. The summed E-state index contributed by atoms with van der Waals surface area (Å²) in [6.07, 6.45) is -1.95. The quantitative estimate of drug-likeness (QED) is 0.340. The Morgan fingerprint density at radius 1 is 0.917 bits per heavy atom. The van der Waals surface area contributed by atoms with Crippen LogP contribution in [0.1, 0.15) is 17.7 Å². The molecule has 4 aromatic rings. The minimum atomic E-state index is -4.52. The summed E-state index contributed by atoms with van der Waals surface area (Å²) in [6.45, 7) is 4.03. The molecule has 0 unspecified atom stereocenters. The molecular formula is C28H27F3N4O. The lowest BCUT2D eigenvalue weighted by Crippen LogP contribution is -2.31. The molecular weight excluding hydrogens is 465 g/mol. The third-order valence-electron chi connectivity index (χ3n) is 6.51. The molecule has 8 heteroatoms. The zero-order valence-electron chi connectivity index (χ0n) is 20.0. The molecule has 0 bridgehead atoms. The number of ether oxygens (including phenoxy) is 1. The highest BCUT2D eigenvalue weighted by Gasteiger charge is 2.33. The Morgan fingerprint density at radius 3 is 2.53 bits per heavy atom. The summed E-state index contributed by atoms with van der Waals surface area (Å²) in [4.78, 5) is 13.4. The maximum Gasteiger partial charge on any atom is 0.433 e. The van der Waals surface area contributed by atoms with Crippen molar-refractivity contribution in [2.45, 2.75) is 19.1 Å². The smallest absolute Gasteiger partial charge is 0.433 e. The van der Waals surface area contributed by atoms with Crippen LogP contribution >= 0.6 is 0 Å². The SMILES string of the molecule is COc1cccc(CN2CCCN(c3ncc(-c4ccccc4)c4nc(C(F)(F)F)ccc34)CC2)c1. The summed E-state index contributed by atoms with van der Waals surface area (Å²) in [5.41, 5.74) is 1.98. The molecule has 0 saturated carbocycles. The van der Waals surface area contributed by atoms with Crippen molar-refractivity contribution in [3.05, 3.63) is 84.2 Å². The summed E-state index contributed by atoms with van der Waals surface area (Å²) in [5.74, 6) is 1.51. The average molecular weight is 493 g/mol. The first-order valence-electron chi connectivity index (χ1n) is 11.9. The van der Waals surface area contributed by atoms with E-state index in [9.17, 15) is 13.2 Å². The van der Waals surface area contributed by atoms with Gasteiger partial charge in [-0.15, -0.1) is 0 Å². The van der Waals surface area contributed by atoms with Crippen LogP contribution in [0.25, 0.3) is 22.0 Å². The van der Waals surface area contributed by atoms with Gasteiger partial charge < -0.3 is 9.64 Å². The van der Waals surface area contributed by atoms with Gasteiger partial charge in [0.25, 0.3) is 0 Å². The molecule has 1 fully saturated rings. The molecule has 186 valence electrons. The fourth-order valence-electron chi connectivity index (χ4n) is 4.71. The van der Waals surface area contributed by atoms with Gasteiger partial charge in [0, 0.05) is 49.9 Å². The number of anilines is 1. The van der Waals surface area contributed by atoms with E-state index < -0.39 is 11.9 Å². The van der Waals surface area contributed by atoms with Gasteiger partial charge in [0.15, 0.2) is 0 Å². The summed E-state index contributed by atoms with van der Waals surface area (Å²) in [7, 11) is 1.66. The van der Waals surface area contributed by atoms with E-state index in [0.717, 1.165) is 56.5 Å². The van der Waals surface area contributed by atoms with Crippen LogP contribution < -0.4 is 9.64 Å². The number of methoxy groups -OCH3 is 1. The molecule has 1 saturated heterocycles. The van der Waals surface area contributed by atoms with Crippen LogP contribution in [0, 0.1) is 0 Å². The summed E-state index contributed by atoms with van der Waals surface area (Å²) in [6, 6.07) is 19.9. The molecule has 2 aromatic carbocycles. The second-order valence-electron chi connectivity index (χ2n) is 8.92. The lowest BCUT2D eigenvalue weighted by molar-refractivity contribution is -0.140. The normalized spacial score (nSPS) is 15.2. The summed E-state index contributed by atoms with van der Waals surface area (Å²) >= 11 is 0. The molecule has 1 aliphatic rings. The van der Waals surface area contributed by atoms with Crippen molar-refractivity contribution < 1.29 is 17.9 Å². The van der Waals surface area contributed by atoms with Crippen molar-refractivity contribution in [2.24, 2.45) is 0 Å². The van der Waals surface area contributed by atoms with Gasteiger partial charge >= 0.3 is 6.18 Å². The Bertz CT molecular complexity index is 1340. The van der Waals surface area contributed by atoms with Gasteiger partial charge in [-0.3, -0.25) is 4.90 Å². The fraction of sp³-hybridized carbons (Fsp3) is 0.286. The van der Waals surface area contributed by atoms with E-state index in [1.807, 2.05) is 48.5 Å². The van der Waals surface area contributed by atoms with Crippen molar-refractivity contribution in [1.82, 2.24) is 14.9 Å². The molecule has 0 N–H and O–H groups in total. The van der Waals surface area contributed by atoms with Crippen LogP contribution in [-0.4, -0.2) is 48.2 Å². The number of hydrogen-bond acceptors (Lipinski definition) is 5. The fourth-order valence-corrected chi connectivity index (χ4v) is 4.71. The summed E-state index contributed by atoms with van der Waals surface area (Å²) < 4.78 is 45.9. The number of alkyl halides is 3. The standard InChI is InChI=1S/C28H27F3N4O/c1-36-22-10-5-7-20(17-22)19-34-13-6-14-35(16-15-34)27-23-11-12-25(28(29,30)31)33-26(23)24(18-32-27)21-8-3-2-4-9-21/h2-5,7-12,17-18H,6,13-16,19H2,1H3. The molecule has 3 heterocycles. The second-order valence-corrected chi connectivity index (χ2v) is 8.92. The van der Waals surface area contributed by atoms with E-state index in [-0.39, 0.29) is 0 Å². The zero-order chi connectivity index (χ0) is 25.1. The number of halogens is 3. The molecule has 2 aromatic heterocycles. The highest BCUT2D eigenvalue weighted by atomic mass is 19.4. The molecule has 0 amide bonds. The molecule has 0 radical (unpaired) electrons.